The van der Waals surface area contributed by atoms with Crippen molar-refractivity contribution in [1.82, 2.24) is 15.0 Å². The smallest absolute Gasteiger partial charge is 0.360 e. The number of anilines is 1. The number of nitrogens with two attached hydrogens (primary N) is 1. The van der Waals surface area contributed by atoms with Gasteiger partial charge in [-0.3, -0.25) is 0 Å². The molecular formula is C12H10Cl2N4O2S. The van der Waals surface area contributed by atoms with Crippen LogP contribution in [0.2, 0.25) is 10.2 Å². The third-order valence-corrected chi connectivity index (χ3v) is 4.47. The zero-order chi connectivity index (χ0) is 15.6. The lowest BCUT2D eigenvalue weighted by atomic mass is 10.4. The molecule has 6 nitrogen and oxygen atoms in total. The quantitative estimate of drug-likeness (QED) is 0.675. The van der Waals surface area contributed by atoms with Crippen molar-refractivity contribution in [3.05, 3.63) is 33.8 Å². The predicted octanol–water partition coefficient (Wildman–Crippen LogP) is 3.01. The second-order valence-electron chi connectivity index (χ2n) is 3.86. The number of aromatic nitrogens is 3. The van der Waals surface area contributed by atoms with Gasteiger partial charge in [-0.2, -0.15) is 0 Å². The SMILES string of the molecule is COC(=O)c1nc(Sc2ccnc(Cl)c2Cl)c(C)nc1N. The predicted molar refractivity (Wildman–Crippen MR) is 80.9 cm³/mol. The fourth-order valence-electron chi connectivity index (χ4n) is 1.45. The van der Waals surface area contributed by atoms with Gasteiger partial charge in [0.05, 0.1) is 17.8 Å². The summed E-state index contributed by atoms with van der Waals surface area (Å²) in [5.41, 5.74) is 6.20. The van der Waals surface area contributed by atoms with Gasteiger partial charge in [-0.15, -0.1) is 0 Å². The van der Waals surface area contributed by atoms with Crippen LogP contribution in [0.15, 0.2) is 22.2 Å². The van der Waals surface area contributed by atoms with E-state index in [1.807, 2.05) is 0 Å². The van der Waals surface area contributed by atoms with Gasteiger partial charge in [0.25, 0.3) is 0 Å². The van der Waals surface area contributed by atoms with Gasteiger partial charge in [-0.25, -0.2) is 19.7 Å². The highest BCUT2D eigenvalue weighted by molar-refractivity contribution is 7.99. The number of methoxy groups -OCH3 is 1. The molecule has 2 aromatic rings. The van der Waals surface area contributed by atoms with E-state index in [0.717, 1.165) is 0 Å². The molecule has 21 heavy (non-hydrogen) atoms. The Morgan fingerprint density at radius 3 is 2.76 bits per heavy atom. The number of carbonyl (C=O) groups excluding carboxylic acids is 1. The van der Waals surface area contributed by atoms with E-state index in [4.69, 9.17) is 28.9 Å². The van der Waals surface area contributed by atoms with Crippen LogP contribution in [0.5, 0.6) is 0 Å². The van der Waals surface area contributed by atoms with Crippen molar-refractivity contribution in [2.75, 3.05) is 12.8 Å². The van der Waals surface area contributed by atoms with Gasteiger partial charge >= 0.3 is 5.97 Å². The van der Waals surface area contributed by atoms with E-state index in [9.17, 15) is 4.79 Å². The number of carbonyl (C=O) groups is 1. The first-order chi connectivity index (χ1) is 9.93. The minimum atomic E-state index is -0.652. The van der Waals surface area contributed by atoms with Gasteiger partial charge in [0.2, 0.25) is 0 Å². The topological polar surface area (TPSA) is 91.0 Å². The average Bonchev–Trinajstić information content (AvgIpc) is 2.45. The van der Waals surface area contributed by atoms with Crippen LogP contribution in [-0.4, -0.2) is 28.0 Å². The molecule has 2 rings (SSSR count). The molecule has 0 aliphatic rings. The molecule has 0 atom stereocenters. The Labute approximate surface area is 135 Å². The third kappa shape index (κ3) is 3.37. The maximum atomic E-state index is 11.6. The molecule has 0 saturated heterocycles. The molecule has 9 heteroatoms. The molecule has 2 heterocycles. The largest absolute Gasteiger partial charge is 0.464 e. The van der Waals surface area contributed by atoms with Crippen LogP contribution >= 0.6 is 35.0 Å². The lowest BCUT2D eigenvalue weighted by Gasteiger charge is -2.09. The number of nitrogens with zero attached hydrogens (tertiary/aromatic N) is 3. The summed E-state index contributed by atoms with van der Waals surface area (Å²) in [5.74, 6) is -0.636. The van der Waals surface area contributed by atoms with Crippen molar-refractivity contribution < 1.29 is 9.53 Å². The van der Waals surface area contributed by atoms with E-state index < -0.39 is 5.97 Å². The second-order valence-corrected chi connectivity index (χ2v) is 5.62. The van der Waals surface area contributed by atoms with Crippen molar-refractivity contribution in [1.29, 1.82) is 0 Å². The van der Waals surface area contributed by atoms with Crippen molar-refractivity contribution in [3.8, 4) is 0 Å². The third-order valence-electron chi connectivity index (χ3n) is 2.45. The highest BCUT2D eigenvalue weighted by Gasteiger charge is 2.18. The maximum absolute atomic E-state index is 11.6. The Morgan fingerprint density at radius 2 is 2.10 bits per heavy atom. The molecule has 0 spiro atoms. The van der Waals surface area contributed by atoms with Crippen molar-refractivity contribution in [2.45, 2.75) is 16.8 Å². The number of esters is 1. The molecule has 0 aliphatic heterocycles. The van der Waals surface area contributed by atoms with Crippen LogP contribution in [0.1, 0.15) is 16.2 Å². The molecule has 0 radical (unpaired) electrons. The fourth-order valence-corrected chi connectivity index (χ4v) is 2.75. The molecule has 0 aliphatic carbocycles. The summed E-state index contributed by atoms with van der Waals surface area (Å²) >= 11 is 13.2. The normalized spacial score (nSPS) is 10.5. The number of hydrogen-bond donors (Lipinski definition) is 1. The molecule has 0 bridgehead atoms. The molecule has 0 fully saturated rings. The van der Waals surface area contributed by atoms with Gasteiger partial charge in [0.1, 0.15) is 10.2 Å². The Bertz CT molecular complexity index is 712. The summed E-state index contributed by atoms with van der Waals surface area (Å²) in [5, 5.41) is 0.978. The summed E-state index contributed by atoms with van der Waals surface area (Å²) in [7, 11) is 1.25. The summed E-state index contributed by atoms with van der Waals surface area (Å²) in [4.78, 5) is 24.4. The number of hydrogen-bond acceptors (Lipinski definition) is 7. The summed E-state index contributed by atoms with van der Waals surface area (Å²) < 4.78 is 4.62. The van der Waals surface area contributed by atoms with Crippen molar-refractivity contribution in [2.24, 2.45) is 0 Å². The van der Waals surface area contributed by atoms with Crippen LogP contribution in [0.25, 0.3) is 0 Å². The number of ether oxygens (including phenoxy) is 1. The number of nitrogen functional groups attached to an aromatic ring is 1. The minimum Gasteiger partial charge on any atom is -0.464 e. The Morgan fingerprint density at radius 1 is 1.38 bits per heavy atom. The van der Waals surface area contributed by atoms with Gasteiger partial charge < -0.3 is 10.5 Å². The zero-order valence-electron chi connectivity index (χ0n) is 11.1. The molecule has 0 amide bonds. The van der Waals surface area contributed by atoms with E-state index in [2.05, 4.69) is 19.7 Å². The van der Waals surface area contributed by atoms with Gasteiger partial charge in [-0.1, -0.05) is 35.0 Å². The molecule has 2 aromatic heterocycles. The van der Waals surface area contributed by atoms with Gasteiger partial charge in [-0.05, 0) is 13.0 Å². The molecule has 0 saturated carbocycles. The van der Waals surface area contributed by atoms with E-state index in [1.165, 1.54) is 25.1 Å². The Kier molecular flexibility index (Phi) is 4.87. The lowest BCUT2D eigenvalue weighted by Crippen LogP contribution is -2.12. The summed E-state index contributed by atoms with van der Waals surface area (Å²) in [6.45, 7) is 1.73. The fraction of sp³-hybridized carbons (Fsp3) is 0.167. The second kappa shape index (κ2) is 6.46. The van der Waals surface area contributed by atoms with Crippen molar-refractivity contribution in [3.63, 3.8) is 0 Å². The van der Waals surface area contributed by atoms with E-state index in [1.54, 1.807) is 13.0 Å². The molecule has 110 valence electrons. The highest BCUT2D eigenvalue weighted by atomic mass is 35.5. The van der Waals surface area contributed by atoms with Crippen molar-refractivity contribution >= 4 is 46.8 Å². The standard InChI is InChI=1S/C12H10Cl2N4O2S/c1-5-11(18-8(10(15)17-5)12(19)20-2)21-6-3-4-16-9(14)7(6)13/h3-4H,1-2H3,(H2,15,17). The molecular weight excluding hydrogens is 335 g/mol. The van der Waals surface area contributed by atoms with Crippen LogP contribution in [0.3, 0.4) is 0 Å². The first-order valence-corrected chi connectivity index (χ1v) is 7.21. The first kappa shape index (κ1) is 15.8. The van der Waals surface area contributed by atoms with E-state index in [-0.39, 0.29) is 16.7 Å². The number of halogens is 2. The first-order valence-electron chi connectivity index (χ1n) is 5.64. The van der Waals surface area contributed by atoms with Crippen LogP contribution in [-0.2, 0) is 4.74 Å². The monoisotopic (exact) mass is 344 g/mol. The Hall–Kier alpha value is -1.57. The van der Waals surface area contributed by atoms with E-state index >= 15 is 0 Å². The number of rotatable bonds is 3. The Balaban J connectivity index is 2.44. The van der Waals surface area contributed by atoms with Crippen LogP contribution in [0.4, 0.5) is 5.82 Å². The van der Waals surface area contributed by atoms with Crippen LogP contribution in [0, 0.1) is 6.92 Å². The molecule has 0 unspecified atom stereocenters. The highest BCUT2D eigenvalue weighted by Crippen LogP contribution is 2.36. The van der Waals surface area contributed by atoms with E-state index in [0.29, 0.717) is 20.6 Å². The summed E-state index contributed by atoms with van der Waals surface area (Å²) in [6, 6.07) is 1.69. The van der Waals surface area contributed by atoms with Gasteiger partial charge in [0, 0.05) is 11.1 Å². The number of pyridine rings is 1. The zero-order valence-corrected chi connectivity index (χ0v) is 13.4. The molecule has 2 N–H and O–H groups in total. The van der Waals surface area contributed by atoms with Crippen LogP contribution < -0.4 is 5.73 Å². The number of aryl methyl sites for hydroxylation is 1. The summed E-state index contributed by atoms with van der Waals surface area (Å²) in [6.07, 6.45) is 1.53. The minimum absolute atomic E-state index is 0.0163. The maximum Gasteiger partial charge on any atom is 0.360 e. The average molecular weight is 345 g/mol. The molecule has 0 aromatic carbocycles. The van der Waals surface area contributed by atoms with Gasteiger partial charge in [0.15, 0.2) is 11.5 Å². The lowest BCUT2D eigenvalue weighted by molar-refractivity contribution is 0.0594.